The summed E-state index contributed by atoms with van der Waals surface area (Å²) in [5, 5.41) is 9.67. The highest BCUT2D eigenvalue weighted by molar-refractivity contribution is 5.97. The van der Waals surface area contributed by atoms with E-state index in [1.807, 2.05) is 36.4 Å². The van der Waals surface area contributed by atoms with Gasteiger partial charge in [-0.15, -0.1) is 0 Å². The van der Waals surface area contributed by atoms with Crippen molar-refractivity contribution in [3.63, 3.8) is 0 Å². The van der Waals surface area contributed by atoms with Gasteiger partial charge in [-0.25, -0.2) is 18.0 Å². The van der Waals surface area contributed by atoms with Crippen molar-refractivity contribution in [3.05, 3.63) is 149 Å². The highest BCUT2D eigenvalue weighted by Crippen LogP contribution is 2.36. The van der Waals surface area contributed by atoms with Crippen LogP contribution in [-0.4, -0.2) is 53.3 Å². The predicted octanol–water partition coefficient (Wildman–Crippen LogP) is 6.05. The number of morpholine rings is 1. The Balaban J connectivity index is 1.03. The minimum atomic E-state index is -1.26. The van der Waals surface area contributed by atoms with Gasteiger partial charge in [-0.2, -0.15) is 0 Å². The van der Waals surface area contributed by atoms with E-state index in [0.717, 1.165) is 17.1 Å². The van der Waals surface area contributed by atoms with Gasteiger partial charge < -0.3 is 31.2 Å². The van der Waals surface area contributed by atoms with E-state index >= 15 is 4.39 Å². The number of alkyl carbamates (subject to hydrolysis) is 1. The fraction of sp³-hybridized carbons (Fsp3) is 0.250. The fourth-order valence-electron chi connectivity index (χ4n) is 6.33. The average molecular weight is 725 g/mol. The van der Waals surface area contributed by atoms with E-state index in [1.54, 1.807) is 6.92 Å². The molecule has 3 atom stereocenters. The molecule has 13 heteroatoms. The van der Waals surface area contributed by atoms with Gasteiger partial charge in [0, 0.05) is 22.9 Å². The molecule has 0 saturated carbocycles. The molecule has 6 rings (SSSR count). The normalized spacial score (nSPS) is 16.5. The standard InChI is InChI=1S/C40H39F3N6O4/c1-24(53-39(51)47-19-30-16-7-25-5-3-4-6-34(25)48-30)36-23-52-31(20-46-36)17-18-32-33(43)21-45-22-35(32)49-38(50)37(44)40(2,26-8-12-28(41)13-9-26)27-10-14-29(42)15-11-27/h3-16,21-22,31,36-37,46H,1,17-20,23,44H2,2H3,(H,47,51)(H,49,50). The number of rotatable bonds is 12. The lowest BCUT2D eigenvalue weighted by Gasteiger charge is -2.36. The molecule has 1 fully saturated rings. The number of nitrogens with one attached hydrogen (secondary N) is 3. The van der Waals surface area contributed by atoms with Gasteiger partial charge >= 0.3 is 6.09 Å². The molecule has 0 aliphatic carbocycles. The highest BCUT2D eigenvalue weighted by atomic mass is 19.1. The van der Waals surface area contributed by atoms with Crippen molar-refractivity contribution < 1.29 is 32.2 Å². The number of amides is 2. The maximum atomic E-state index is 15.2. The number of benzene rings is 3. The van der Waals surface area contributed by atoms with Crippen LogP contribution in [0.15, 0.2) is 110 Å². The summed E-state index contributed by atoms with van der Waals surface area (Å²) in [6.07, 6.45) is 1.97. The Hall–Kier alpha value is -5.63. The molecule has 1 aliphatic heterocycles. The van der Waals surface area contributed by atoms with Gasteiger partial charge in [0.05, 0.1) is 60.6 Å². The van der Waals surface area contributed by atoms with Crippen LogP contribution in [-0.2, 0) is 32.6 Å². The van der Waals surface area contributed by atoms with Crippen LogP contribution in [0.5, 0.6) is 0 Å². The summed E-state index contributed by atoms with van der Waals surface area (Å²) in [4.78, 5) is 34.7. The number of carbonyl (C=O) groups excluding carboxylic acids is 2. The van der Waals surface area contributed by atoms with E-state index in [-0.39, 0.29) is 42.7 Å². The number of hydrogen-bond acceptors (Lipinski definition) is 8. The van der Waals surface area contributed by atoms with Gasteiger partial charge in [0.25, 0.3) is 0 Å². The second-order valence-electron chi connectivity index (χ2n) is 13.0. The summed E-state index contributed by atoms with van der Waals surface area (Å²) in [7, 11) is 0. The second kappa shape index (κ2) is 16.4. The minimum absolute atomic E-state index is 0.138. The first-order valence-corrected chi connectivity index (χ1v) is 17.1. The van der Waals surface area contributed by atoms with Gasteiger partial charge in [0.1, 0.15) is 23.2 Å². The number of fused-ring (bicyclic) bond motifs is 1. The fourth-order valence-corrected chi connectivity index (χ4v) is 6.33. The molecule has 3 heterocycles. The van der Waals surface area contributed by atoms with Crippen LogP contribution in [0.1, 0.15) is 35.7 Å². The number of anilines is 1. The molecule has 274 valence electrons. The van der Waals surface area contributed by atoms with E-state index in [0.29, 0.717) is 29.8 Å². The van der Waals surface area contributed by atoms with Gasteiger partial charge in [-0.05, 0) is 67.3 Å². The van der Waals surface area contributed by atoms with E-state index in [1.165, 1.54) is 54.7 Å². The third-order valence-electron chi connectivity index (χ3n) is 9.54. The summed E-state index contributed by atoms with van der Waals surface area (Å²) in [6.45, 7) is 6.29. The minimum Gasteiger partial charge on any atom is -0.414 e. The number of nitrogens with zero attached hydrogens (tertiary/aromatic N) is 2. The zero-order chi connectivity index (χ0) is 37.5. The van der Waals surface area contributed by atoms with Crippen LogP contribution >= 0.6 is 0 Å². The highest BCUT2D eigenvalue weighted by Gasteiger charge is 2.40. The molecule has 10 nitrogen and oxygen atoms in total. The first kappa shape index (κ1) is 37.1. The first-order valence-electron chi connectivity index (χ1n) is 17.1. The molecule has 0 radical (unpaired) electrons. The van der Waals surface area contributed by atoms with Gasteiger partial charge in [0.15, 0.2) is 0 Å². The van der Waals surface area contributed by atoms with Crippen molar-refractivity contribution >= 4 is 28.6 Å². The van der Waals surface area contributed by atoms with Crippen LogP contribution < -0.4 is 21.7 Å². The average Bonchev–Trinajstić information content (AvgIpc) is 3.17. The summed E-state index contributed by atoms with van der Waals surface area (Å²) < 4.78 is 54.2. The quantitative estimate of drug-likeness (QED) is 0.114. The lowest BCUT2D eigenvalue weighted by atomic mass is 9.70. The number of nitrogens with two attached hydrogens (primary N) is 1. The molecular formula is C40H39F3N6O4. The Morgan fingerprint density at radius 1 is 1.00 bits per heavy atom. The zero-order valence-corrected chi connectivity index (χ0v) is 29.0. The molecule has 3 aromatic carbocycles. The van der Waals surface area contributed by atoms with Crippen molar-refractivity contribution in [3.8, 4) is 0 Å². The molecule has 3 unspecified atom stereocenters. The molecule has 2 aromatic heterocycles. The number of pyridine rings is 2. The van der Waals surface area contributed by atoms with Crippen molar-refractivity contribution in [2.24, 2.45) is 5.73 Å². The number of ether oxygens (including phenoxy) is 2. The van der Waals surface area contributed by atoms with E-state index in [2.05, 4.69) is 32.5 Å². The van der Waals surface area contributed by atoms with E-state index in [9.17, 15) is 18.4 Å². The summed E-state index contributed by atoms with van der Waals surface area (Å²) in [5.41, 5.74) is 8.29. The van der Waals surface area contributed by atoms with Crippen molar-refractivity contribution in [2.75, 3.05) is 18.5 Å². The Kier molecular flexibility index (Phi) is 11.5. The lowest BCUT2D eigenvalue weighted by molar-refractivity contribution is -0.118. The van der Waals surface area contributed by atoms with Crippen LogP contribution in [0.4, 0.5) is 23.7 Å². The maximum absolute atomic E-state index is 15.2. The molecule has 53 heavy (non-hydrogen) atoms. The molecule has 2 amide bonds. The number of para-hydroxylation sites is 1. The Morgan fingerprint density at radius 3 is 2.34 bits per heavy atom. The number of carbonyl (C=O) groups is 2. The summed E-state index contributed by atoms with van der Waals surface area (Å²) >= 11 is 0. The molecule has 0 bridgehead atoms. The van der Waals surface area contributed by atoms with E-state index in [4.69, 9.17) is 15.2 Å². The third-order valence-corrected chi connectivity index (χ3v) is 9.54. The Bertz CT molecular complexity index is 2040. The molecule has 5 N–H and O–H groups in total. The molecule has 0 spiro atoms. The van der Waals surface area contributed by atoms with E-state index < -0.39 is 47.0 Å². The van der Waals surface area contributed by atoms with Crippen molar-refractivity contribution in [2.45, 2.75) is 49.9 Å². The topological polar surface area (TPSA) is 140 Å². The number of hydrogen-bond donors (Lipinski definition) is 4. The maximum Gasteiger partial charge on any atom is 0.412 e. The smallest absolute Gasteiger partial charge is 0.412 e. The van der Waals surface area contributed by atoms with Crippen LogP contribution in [0.2, 0.25) is 0 Å². The largest absolute Gasteiger partial charge is 0.414 e. The summed E-state index contributed by atoms with van der Waals surface area (Å²) in [6, 6.07) is 20.8. The van der Waals surface area contributed by atoms with Crippen LogP contribution in [0.3, 0.4) is 0 Å². The van der Waals surface area contributed by atoms with Gasteiger partial charge in [-0.3, -0.25) is 14.8 Å². The summed E-state index contributed by atoms with van der Waals surface area (Å²) in [5.74, 6) is -2.02. The molecule has 1 aliphatic rings. The van der Waals surface area contributed by atoms with Crippen molar-refractivity contribution in [1.82, 2.24) is 20.6 Å². The monoisotopic (exact) mass is 724 g/mol. The lowest BCUT2D eigenvalue weighted by Crippen LogP contribution is -2.52. The number of halogens is 3. The molecule has 5 aromatic rings. The van der Waals surface area contributed by atoms with Crippen LogP contribution in [0.25, 0.3) is 10.9 Å². The Labute approximate surface area is 304 Å². The number of aromatic nitrogens is 2. The van der Waals surface area contributed by atoms with Crippen LogP contribution in [0, 0.1) is 17.5 Å². The second-order valence-corrected chi connectivity index (χ2v) is 13.0. The first-order chi connectivity index (χ1) is 25.5. The SMILES string of the molecule is C=C(OC(=O)NCc1ccc2ccccc2n1)C1COC(CCc2c(F)cncc2NC(=O)C(N)C(C)(c2ccc(F)cc2)c2ccc(F)cc2)CN1. The zero-order valence-electron chi connectivity index (χ0n) is 29.0. The molecular weight excluding hydrogens is 685 g/mol. The van der Waals surface area contributed by atoms with Crippen molar-refractivity contribution in [1.29, 1.82) is 0 Å². The Morgan fingerprint density at radius 2 is 1.68 bits per heavy atom. The third kappa shape index (κ3) is 8.71. The predicted molar refractivity (Wildman–Crippen MR) is 194 cm³/mol. The van der Waals surface area contributed by atoms with Gasteiger partial charge in [0.2, 0.25) is 5.91 Å². The van der Waals surface area contributed by atoms with Gasteiger partial charge in [-0.1, -0.05) is 55.1 Å². The molecule has 1 saturated heterocycles.